The number of hydrogen-bond acceptors (Lipinski definition) is 7. The van der Waals surface area contributed by atoms with Crippen molar-refractivity contribution >= 4 is 17.5 Å². The van der Waals surface area contributed by atoms with Crippen LogP contribution in [-0.4, -0.2) is 56.8 Å². The molecule has 0 aromatic carbocycles. The van der Waals surface area contributed by atoms with E-state index in [2.05, 4.69) is 25.9 Å². The quantitative estimate of drug-likeness (QED) is 0.553. The highest BCUT2D eigenvalue weighted by Gasteiger charge is 2.10. The summed E-state index contributed by atoms with van der Waals surface area (Å²) in [4.78, 5) is 19.6. The van der Waals surface area contributed by atoms with E-state index in [4.69, 9.17) is 9.47 Å². The zero-order valence-electron chi connectivity index (χ0n) is 12.0. The first kappa shape index (κ1) is 16.0. The molecule has 112 valence electrons. The smallest absolute Gasteiger partial charge is 0.221 e. The Bertz CT molecular complexity index is 428. The molecule has 1 aromatic rings. The molecular formula is C12H21N5O3. The number of ether oxygens (including phenoxy) is 2. The Hall–Kier alpha value is -2.09. The molecule has 20 heavy (non-hydrogen) atoms. The van der Waals surface area contributed by atoms with Gasteiger partial charge in [0, 0.05) is 33.7 Å². The average Bonchev–Trinajstić information content (AvgIpc) is 2.47. The lowest BCUT2D eigenvalue weighted by Crippen LogP contribution is -2.28. The van der Waals surface area contributed by atoms with Crippen LogP contribution < -0.4 is 20.7 Å². The molecule has 8 nitrogen and oxygen atoms in total. The first-order valence-electron chi connectivity index (χ1n) is 6.29. The molecule has 0 saturated carbocycles. The second-order valence-electron chi connectivity index (χ2n) is 3.87. The number of anilines is 2. The predicted molar refractivity (Wildman–Crippen MR) is 76.1 cm³/mol. The van der Waals surface area contributed by atoms with Gasteiger partial charge in [-0.05, 0) is 0 Å². The van der Waals surface area contributed by atoms with Gasteiger partial charge in [-0.3, -0.25) is 4.79 Å². The zero-order chi connectivity index (χ0) is 14.8. The molecule has 0 spiro atoms. The summed E-state index contributed by atoms with van der Waals surface area (Å²) in [7, 11) is 4.88. The van der Waals surface area contributed by atoms with E-state index in [-0.39, 0.29) is 5.91 Å². The van der Waals surface area contributed by atoms with E-state index in [0.717, 1.165) is 0 Å². The minimum Gasteiger partial charge on any atom is -0.490 e. The third-order valence-corrected chi connectivity index (χ3v) is 2.52. The van der Waals surface area contributed by atoms with E-state index < -0.39 is 0 Å². The average molecular weight is 283 g/mol. The van der Waals surface area contributed by atoms with Crippen LogP contribution in [-0.2, 0) is 9.53 Å². The van der Waals surface area contributed by atoms with E-state index in [1.807, 2.05) is 0 Å². The molecule has 0 aliphatic rings. The minimum absolute atomic E-state index is 0.0450. The van der Waals surface area contributed by atoms with Crippen LogP contribution in [0.25, 0.3) is 0 Å². The van der Waals surface area contributed by atoms with Crippen molar-refractivity contribution in [2.75, 3.05) is 51.6 Å². The van der Waals surface area contributed by atoms with Crippen LogP contribution in [0.1, 0.15) is 6.42 Å². The molecule has 1 rings (SSSR count). The van der Waals surface area contributed by atoms with E-state index in [1.165, 1.54) is 6.33 Å². The van der Waals surface area contributed by atoms with Crippen molar-refractivity contribution in [3.05, 3.63) is 6.33 Å². The van der Waals surface area contributed by atoms with Gasteiger partial charge in [-0.1, -0.05) is 0 Å². The summed E-state index contributed by atoms with van der Waals surface area (Å²) in [5, 5.41) is 8.70. The van der Waals surface area contributed by atoms with Crippen LogP contribution in [0.5, 0.6) is 5.75 Å². The molecule has 0 radical (unpaired) electrons. The lowest BCUT2D eigenvalue weighted by Gasteiger charge is -2.12. The Kier molecular flexibility index (Phi) is 7.12. The molecule has 0 aliphatic heterocycles. The standard InChI is InChI=1S/C12H21N5O3/c1-13-11-10(20-3)12(17-8-16-11)15-5-4-9(18)14-6-7-19-2/h8H,4-7H2,1-3H3,(H,14,18)(H2,13,15,16,17). The topological polar surface area (TPSA) is 97.4 Å². The van der Waals surface area contributed by atoms with E-state index in [1.54, 1.807) is 21.3 Å². The van der Waals surface area contributed by atoms with Gasteiger partial charge in [-0.2, -0.15) is 0 Å². The molecular weight excluding hydrogens is 262 g/mol. The molecule has 0 fully saturated rings. The lowest BCUT2D eigenvalue weighted by molar-refractivity contribution is -0.121. The maximum atomic E-state index is 11.5. The molecule has 1 aromatic heterocycles. The summed E-state index contributed by atoms with van der Waals surface area (Å²) in [6, 6.07) is 0. The molecule has 0 aliphatic carbocycles. The number of amides is 1. The second kappa shape index (κ2) is 8.92. The lowest BCUT2D eigenvalue weighted by atomic mass is 10.3. The van der Waals surface area contributed by atoms with Crippen molar-refractivity contribution in [1.29, 1.82) is 0 Å². The second-order valence-corrected chi connectivity index (χ2v) is 3.87. The van der Waals surface area contributed by atoms with Gasteiger partial charge in [0.2, 0.25) is 11.7 Å². The summed E-state index contributed by atoms with van der Waals surface area (Å²) < 4.78 is 10.1. The third-order valence-electron chi connectivity index (χ3n) is 2.52. The molecule has 0 saturated heterocycles. The Labute approximate surface area is 118 Å². The van der Waals surface area contributed by atoms with Crippen molar-refractivity contribution in [2.45, 2.75) is 6.42 Å². The molecule has 3 N–H and O–H groups in total. The van der Waals surface area contributed by atoms with Crippen LogP contribution in [0.4, 0.5) is 11.6 Å². The van der Waals surface area contributed by atoms with Crippen molar-refractivity contribution in [1.82, 2.24) is 15.3 Å². The molecule has 8 heteroatoms. The molecule has 1 amide bonds. The number of nitrogens with one attached hydrogen (secondary N) is 3. The highest BCUT2D eigenvalue weighted by Crippen LogP contribution is 2.28. The van der Waals surface area contributed by atoms with Gasteiger partial charge in [0.05, 0.1) is 13.7 Å². The Morgan fingerprint density at radius 2 is 2.00 bits per heavy atom. The van der Waals surface area contributed by atoms with Crippen LogP contribution in [0.2, 0.25) is 0 Å². The van der Waals surface area contributed by atoms with Gasteiger partial charge in [0.1, 0.15) is 6.33 Å². The number of rotatable bonds is 9. The highest BCUT2D eigenvalue weighted by atomic mass is 16.5. The van der Waals surface area contributed by atoms with Crippen molar-refractivity contribution in [3.8, 4) is 5.75 Å². The van der Waals surface area contributed by atoms with Gasteiger partial charge in [0.25, 0.3) is 0 Å². The van der Waals surface area contributed by atoms with E-state index in [0.29, 0.717) is 43.5 Å². The number of carbonyl (C=O) groups excluding carboxylic acids is 1. The van der Waals surface area contributed by atoms with Crippen LogP contribution in [0.3, 0.4) is 0 Å². The summed E-state index contributed by atoms with van der Waals surface area (Å²) in [6.07, 6.45) is 1.76. The van der Waals surface area contributed by atoms with Gasteiger partial charge >= 0.3 is 0 Å². The number of methoxy groups -OCH3 is 2. The van der Waals surface area contributed by atoms with Gasteiger partial charge < -0.3 is 25.4 Å². The summed E-state index contributed by atoms with van der Waals surface area (Å²) in [5.41, 5.74) is 0. The van der Waals surface area contributed by atoms with Gasteiger partial charge in [-0.25, -0.2) is 9.97 Å². The fourth-order valence-corrected chi connectivity index (χ4v) is 1.55. The molecule has 1 heterocycles. The van der Waals surface area contributed by atoms with E-state index >= 15 is 0 Å². The van der Waals surface area contributed by atoms with Crippen molar-refractivity contribution < 1.29 is 14.3 Å². The predicted octanol–water partition coefficient (Wildman–Crippen LogP) is 0.0915. The van der Waals surface area contributed by atoms with Crippen molar-refractivity contribution in [3.63, 3.8) is 0 Å². The first-order chi connectivity index (χ1) is 9.72. The first-order valence-corrected chi connectivity index (χ1v) is 6.29. The van der Waals surface area contributed by atoms with Crippen molar-refractivity contribution in [2.24, 2.45) is 0 Å². The van der Waals surface area contributed by atoms with Gasteiger partial charge in [-0.15, -0.1) is 0 Å². The Morgan fingerprint density at radius 3 is 2.65 bits per heavy atom. The monoisotopic (exact) mass is 283 g/mol. The largest absolute Gasteiger partial charge is 0.490 e. The summed E-state index contributed by atoms with van der Waals surface area (Å²) in [6.45, 7) is 1.47. The van der Waals surface area contributed by atoms with Crippen LogP contribution in [0, 0.1) is 0 Å². The number of aromatic nitrogens is 2. The Morgan fingerprint density at radius 1 is 1.25 bits per heavy atom. The maximum absolute atomic E-state index is 11.5. The van der Waals surface area contributed by atoms with E-state index in [9.17, 15) is 4.79 Å². The van der Waals surface area contributed by atoms with Gasteiger partial charge in [0.15, 0.2) is 11.6 Å². The van der Waals surface area contributed by atoms with Crippen LogP contribution in [0.15, 0.2) is 6.33 Å². The Balaban J connectivity index is 2.44. The molecule has 0 atom stereocenters. The molecule has 0 unspecified atom stereocenters. The number of nitrogens with zero attached hydrogens (tertiary/aromatic N) is 2. The fourth-order valence-electron chi connectivity index (χ4n) is 1.55. The summed E-state index contributed by atoms with van der Waals surface area (Å²) in [5.74, 6) is 1.62. The minimum atomic E-state index is -0.0450. The van der Waals surface area contributed by atoms with Crippen LogP contribution >= 0.6 is 0 Å². The maximum Gasteiger partial charge on any atom is 0.221 e. The molecule has 0 bridgehead atoms. The summed E-state index contributed by atoms with van der Waals surface area (Å²) >= 11 is 0. The fraction of sp³-hybridized carbons (Fsp3) is 0.583. The third kappa shape index (κ3) is 4.88. The normalized spacial score (nSPS) is 9.95. The zero-order valence-corrected chi connectivity index (χ0v) is 12.0. The number of hydrogen-bond donors (Lipinski definition) is 3. The number of carbonyl (C=O) groups is 1. The SMILES string of the molecule is CNc1ncnc(NCCC(=O)NCCOC)c1OC. The highest BCUT2D eigenvalue weighted by molar-refractivity contribution is 5.76.